The second-order valence-electron chi connectivity index (χ2n) is 7.41. The van der Waals surface area contributed by atoms with Crippen LogP contribution in [0.3, 0.4) is 0 Å². The first-order chi connectivity index (χ1) is 15.6. The fourth-order valence-electron chi connectivity index (χ4n) is 3.87. The van der Waals surface area contributed by atoms with E-state index >= 15 is 0 Å². The van der Waals surface area contributed by atoms with Crippen LogP contribution in [0.15, 0.2) is 83.5 Å². The lowest BCUT2D eigenvalue weighted by atomic mass is 10.0. The minimum absolute atomic E-state index is 0.166. The number of rotatable bonds is 5. The Morgan fingerprint density at radius 1 is 0.938 bits per heavy atom. The van der Waals surface area contributed by atoms with Gasteiger partial charge in [-0.2, -0.15) is 0 Å². The maximum absolute atomic E-state index is 6.33. The number of pyridine rings is 2. The van der Waals surface area contributed by atoms with Crippen LogP contribution >= 0.6 is 35.4 Å². The number of benzene rings is 1. The van der Waals surface area contributed by atoms with Gasteiger partial charge in [0.2, 0.25) is 0 Å². The molecule has 0 bridgehead atoms. The van der Waals surface area contributed by atoms with Gasteiger partial charge >= 0.3 is 0 Å². The zero-order valence-corrected chi connectivity index (χ0v) is 19.1. The Morgan fingerprint density at radius 3 is 2.47 bits per heavy atom. The molecule has 0 spiro atoms. The number of aromatic nitrogens is 2. The van der Waals surface area contributed by atoms with E-state index in [0.717, 1.165) is 22.7 Å². The van der Waals surface area contributed by atoms with Crippen LogP contribution in [0.5, 0.6) is 0 Å². The highest BCUT2D eigenvalue weighted by molar-refractivity contribution is 7.80. The SMILES string of the molecule is S=C1N[C@@H](c2ccccn2)[C@H](c2ccc(-c3ccc(Cl)c(Cl)c3)o2)N1Cc1ccccn1. The second-order valence-corrected chi connectivity index (χ2v) is 8.61. The maximum atomic E-state index is 6.33. The first-order valence-corrected chi connectivity index (χ1v) is 11.2. The van der Waals surface area contributed by atoms with Crippen LogP contribution in [0, 0.1) is 0 Å². The molecule has 1 fully saturated rings. The van der Waals surface area contributed by atoms with Gasteiger partial charge in [-0.1, -0.05) is 35.3 Å². The number of nitrogens with zero attached hydrogens (tertiary/aromatic N) is 3. The molecule has 5 rings (SSSR count). The molecule has 8 heteroatoms. The molecule has 160 valence electrons. The number of thiocarbonyl (C=S) groups is 1. The van der Waals surface area contributed by atoms with E-state index in [1.807, 2.05) is 54.6 Å². The van der Waals surface area contributed by atoms with Crippen molar-refractivity contribution in [1.29, 1.82) is 0 Å². The molecule has 0 unspecified atom stereocenters. The summed E-state index contributed by atoms with van der Waals surface area (Å²) in [7, 11) is 0. The lowest BCUT2D eigenvalue weighted by molar-refractivity contribution is 0.267. The number of furan rings is 1. The Hall–Kier alpha value is -2.93. The van der Waals surface area contributed by atoms with E-state index in [-0.39, 0.29) is 12.1 Å². The summed E-state index contributed by atoms with van der Waals surface area (Å²) >= 11 is 18.0. The van der Waals surface area contributed by atoms with Crippen molar-refractivity contribution in [3.05, 3.63) is 106 Å². The Balaban J connectivity index is 1.54. The second kappa shape index (κ2) is 8.90. The van der Waals surface area contributed by atoms with Crippen LogP contribution in [0.2, 0.25) is 10.0 Å². The molecule has 0 saturated carbocycles. The van der Waals surface area contributed by atoms with Crippen LogP contribution in [0.1, 0.15) is 29.2 Å². The van der Waals surface area contributed by atoms with E-state index < -0.39 is 0 Å². The monoisotopic (exact) mass is 480 g/mol. The lowest BCUT2D eigenvalue weighted by Gasteiger charge is -2.25. The van der Waals surface area contributed by atoms with Crippen molar-refractivity contribution in [2.75, 3.05) is 0 Å². The Bertz CT molecular complexity index is 1250. The minimum Gasteiger partial charge on any atom is -0.459 e. The molecule has 4 aromatic rings. The van der Waals surface area contributed by atoms with Crippen molar-refractivity contribution in [2.24, 2.45) is 0 Å². The molecule has 0 aliphatic carbocycles. The van der Waals surface area contributed by atoms with Crippen molar-refractivity contribution in [3.63, 3.8) is 0 Å². The zero-order valence-electron chi connectivity index (χ0n) is 16.8. The third-order valence-corrected chi connectivity index (χ3v) is 6.47. The largest absolute Gasteiger partial charge is 0.459 e. The number of nitrogens with one attached hydrogen (secondary N) is 1. The van der Waals surface area contributed by atoms with Gasteiger partial charge in [0.1, 0.15) is 17.6 Å². The smallest absolute Gasteiger partial charge is 0.170 e. The Morgan fingerprint density at radius 2 is 1.75 bits per heavy atom. The van der Waals surface area contributed by atoms with E-state index in [0.29, 0.717) is 27.5 Å². The topological polar surface area (TPSA) is 54.2 Å². The van der Waals surface area contributed by atoms with Crippen molar-refractivity contribution in [3.8, 4) is 11.3 Å². The fraction of sp³-hybridized carbons (Fsp3) is 0.125. The summed E-state index contributed by atoms with van der Waals surface area (Å²) in [6, 6.07) is 20.7. The van der Waals surface area contributed by atoms with Gasteiger partial charge < -0.3 is 14.6 Å². The van der Waals surface area contributed by atoms with E-state index in [1.54, 1.807) is 24.5 Å². The van der Waals surface area contributed by atoms with Crippen molar-refractivity contribution in [2.45, 2.75) is 18.6 Å². The highest BCUT2D eigenvalue weighted by atomic mass is 35.5. The summed E-state index contributed by atoms with van der Waals surface area (Å²) in [6.07, 6.45) is 3.56. The Labute approximate surface area is 201 Å². The van der Waals surface area contributed by atoms with Crippen molar-refractivity contribution in [1.82, 2.24) is 20.2 Å². The summed E-state index contributed by atoms with van der Waals surface area (Å²) in [5.41, 5.74) is 2.65. The minimum atomic E-state index is -0.198. The van der Waals surface area contributed by atoms with Crippen LogP contribution in [-0.2, 0) is 6.54 Å². The lowest BCUT2D eigenvalue weighted by Crippen LogP contribution is -2.29. The fourth-order valence-corrected chi connectivity index (χ4v) is 4.47. The molecule has 1 aliphatic rings. The molecule has 1 aliphatic heterocycles. The normalized spacial score (nSPS) is 18.1. The molecule has 2 atom stereocenters. The van der Waals surface area contributed by atoms with Gasteiger partial charge in [0.25, 0.3) is 0 Å². The third-order valence-electron chi connectivity index (χ3n) is 5.38. The van der Waals surface area contributed by atoms with E-state index in [1.165, 1.54) is 0 Å². The predicted molar refractivity (Wildman–Crippen MR) is 129 cm³/mol. The number of hydrogen-bond acceptors (Lipinski definition) is 4. The molecule has 0 amide bonds. The molecule has 4 heterocycles. The molecule has 3 aromatic heterocycles. The van der Waals surface area contributed by atoms with Crippen molar-refractivity contribution < 1.29 is 4.42 Å². The molecule has 0 radical (unpaired) electrons. The molecule has 5 nitrogen and oxygen atoms in total. The highest BCUT2D eigenvalue weighted by Crippen LogP contribution is 2.41. The molecule has 1 N–H and O–H groups in total. The average Bonchev–Trinajstić information content (AvgIpc) is 3.42. The first kappa shape index (κ1) is 20.9. The highest BCUT2D eigenvalue weighted by Gasteiger charge is 2.41. The van der Waals surface area contributed by atoms with Crippen LogP contribution in [-0.4, -0.2) is 20.0 Å². The van der Waals surface area contributed by atoms with Crippen LogP contribution < -0.4 is 5.32 Å². The number of hydrogen-bond donors (Lipinski definition) is 1. The van der Waals surface area contributed by atoms with Gasteiger partial charge in [-0.05, 0) is 66.8 Å². The van der Waals surface area contributed by atoms with Gasteiger partial charge in [0.15, 0.2) is 5.11 Å². The van der Waals surface area contributed by atoms with Gasteiger partial charge in [-0.3, -0.25) is 9.97 Å². The maximum Gasteiger partial charge on any atom is 0.170 e. The van der Waals surface area contributed by atoms with Gasteiger partial charge in [-0.25, -0.2) is 0 Å². The van der Waals surface area contributed by atoms with Crippen LogP contribution in [0.4, 0.5) is 0 Å². The number of halogens is 2. The average molecular weight is 481 g/mol. The van der Waals surface area contributed by atoms with E-state index in [4.69, 9.17) is 39.8 Å². The summed E-state index contributed by atoms with van der Waals surface area (Å²) in [4.78, 5) is 11.1. The zero-order chi connectivity index (χ0) is 22.1. The van der Waals surface area contributed by atoms with Gasteiger partial charge in [-0.15, -0.1) is 0 Å². The summed E-state index contributed by atoms with van der Waals surface area (Å²) in [6.45, 7) is 0.545. The van der Waals surface area contributed by atoms with Crippen molar-refractivity contribution >= 4 is 40.5 Å². The van der Waals surface area contributed by atoms with E-state index in [2.05, 4.69) is 20.2 Å². The first-order valence-electron chi connectivity index (χ1n) is 10.0. The van der Waals surface area contributed by atoms with Crippen LogP contribution in [0.25, 0.3) is 11.3 Å². The quantitative estimate of drug-likeness (QED) is 0.342. The molecular formula is C24H18Cl2N4OS. The summed E-state index contributed by atoms with van der Waals surface area (Å²) < 4.78 is 6.33. The molecule has 32 heavy (non-hydrogen) atoms. The van der Waals surface area contributed by atoms with Gasteiger partial charge in [0, 0.05) is 18.0 Å². The predicted octanol–water partition coefficient (Wildman–Crippen LogP) is 6.22. The summed E-state index contributed by atoms with van der Waals surface area (Å²) in [5.74, 6) is 1.47. The Kier molecular flexibility index (Phi) is 5.83. The van der Waals surface area contributed by atoms with Gasteiger partial charge in [0.05, 0.1) is 34.0 Å². The molecule has 1 saturated heterocycles. The molecule has 1 aromatic carbocycles. The van der Waals surface area contributed by atoms with E-state index in [9.17, 15) is 0 Å². The summed E-state index contributed by atoms with van der Waals surface area (Å²) in [5, 5.41) is 5.04. The molecular weight excluding hydrogens is 463 g/mol. The third kappa shape index (κ3) is 4.09. The standard InChI is InChI=1S/C24H18Cl2N4OS/c25-17-8-7-15(13-18(17)26)20-9-10-21(31-20)23-22(19-6-2-4-12-28-19)29-24(32)30(23)14-16-5-1-3-11-27-16/h1-13,22-23H,14H2,(H,29,32)/t22-,23-/m0/s1.